The minimum absolute atomic E-state index is 0.220. The molecule has 0 fully saturated rings. The molecule has 144 valence electrons. The normalized spacial score (nSPS) is 11.2. The number of carbonyl (C=O) groups excluding carboxylic acids is 2. The first-order chi connectivity index (χ1) is 12.7. The number of nitrogens with one attached hydrogen (secondary N) is 1. The average Bonchev–Trinajstić information content (AvgIpc) is 2.59. The molecule has 0 aromatic heterocycles. The highest BCUT2D eigenvalue weighted by molar-refractivity contribution is 7.88. The van der Waals surface area contributed by atoms with E-state index in [2.05, 4.69) is 4.72 Å². The number of ketones is 1. The quantitative estimate of drug-likeness (QED) is 0.544. The van der Waals surface area contributed by atoms with Gasteiger partial charge in [-0.25, -0.2) is 26.7 Å². The topological polar surface area (TPSA) is 89.5 Å². The van der Waals surface area contributed by atoms with E-state index in [0.29, 0.717) is 6.42 Å². The zero-order valence-electron chi connectivity index (χ0n) is 14.4. The lowest BCUT2D eigenvalue weighted by molar-refractivity contribution is 0.0465. The summed E-state index contributed by atoms with van der Waals surface area (Å²) in [7, 11) is -3.27. The lowest BCUT2D eigenvalue weighted by Crippen LogP contribution is -2.24. The summed E-state index contributed by atoms with van der Waals surface area (Å²) in [5.74, 6) is -3.94. The fraction of sp³-hybridized carbons (Fsp3) is 0.222. The minimum Gasteiger partial charge on any atom is -0.454 e. The van der Waals surface area contributed by atoms with Crippen molar-refractivity contribution in [3.8, 4) is 0 Å². The first-order valence-corrected chi connectivity index (χ1v) is 9.74. The molecule has 0 aliphatic rings. The molecule has 2 aromatic carbocycles. The van der Waals surface area contributed by atoms with Crippen molar-refractivity contribution in [1.82, 2.24) is 4.72 Å². The van der Waals surface area contributed by atoms with Crippen LogP contribution in [0.4, 0.5) is 8.78 Å². The van der Waals surface area contributed by atoms with Gasteiger partial charge in [-0.3, -0.25) is 4.79 Å². The van der Waals surface area contributed by atoms with E-state index in [9.17, 15) is 26.8 Å². The molecule has 0 aliphatic carbocycles. The van der Waals surface area contributed by atoms with Crippen LogP contribution in [0.2, 0.25) is 0 Å². The lowest BCUT2D eigenvalue weighted by atomic mass is 10.1. The highest BCUT2D eigenvalue weighted by Crippen LogP contribution is 2.14. The van der Waals surface area contributed by atoms with Gasteiger partial charge in [0.2, 0.25) is 10.0 Å². The van der Waals surface area contributed by atoms with Crippen molar-refractivity contribution in [2.45, 2.75) is 6.42 Å². The first kappa shape index (κ1) is 20.7. The van der Waals surface area contributed by atoms with Gasteiger partial charge in [0.15, 0.2) is 12.4 Å². The zero-order valence-corrected chi connectivity index (χ0v) is 15.2. The molecule has 2 aromatic rings. The summed E-state index contributed by atoms with van der Waals surface area (Å²) >= 11 is 0. The monoisotopic (exact) mass is 397 g/mol. The van der Waals surface area contributed by atoms with E-state index in [1.807, 2.05) is 0 Å². The Labute approximate surface area is 155 Å². The van der Waals surface area contributed by atoms with E-state index < -0.39 is 45.6 Å². The highest BCUT2D eigenvalue weighted by atomic mass is 32.2. The summed E-state index contributed by atoms with van der Waals surface area (Å²) in [5, 5.41) is 0. The number of sulfonamides is 1. The zero-order chi connectivity index (χ0) is 20.0. The van der Waals surface area contributed by atoms with Crippen LogP contribution in [-0.2, 0) is 21.2 Å². The SMILES string of the molecule is CS(=O)(=O)NCCc1ccc(C(=O)COC(=O)c2c(F)cccc2F)cc1. The second-order valence-corrected chi connectivity index (χ2v) is 7.54. The molecule has 0 heterocycles. The Hall–Kier alpha value is -2.65. The third-order valence-corrected chi connectivity index (χ3v) is 4.28. The van der Waals surface area contributed by atoms with Crippen LogP contribution in [0.25, 0.3) is 0 Å². The standard InChI is InChI=1S/C18H17F2NO5S/c1-27(24,25)21-10-9-12-5-7-13(8-6-12)16(22)11-26-18(23)17-14(19)3-2-4-15(17)20/h2-8,21H,9-11H2,1H3. The van der Waals surface area contributed by atoms with Gasteiger partial charge in [0.05, 0.1) is 6.26 Å². The second-order valence-electron chi connectivity index (χ2n) is 5.71. The highest BCUT2D eigenvalue weighted by Gasteiger charge is 2.19. The van der Waals surface area contributed by atoms with Crippen molar-refractivity contribution >= 4 is 21.8 Å². The Morgan fingerprint density at radius 3 is 2.19 bits per heavy atom. The number of carbonyl (C=O) groups is 2. The smallest absolute Gasteiger partial charge is 0.344 e. The lowest BCUT2D eigenvalue weighted by Gasteiger charge is -2.07. The van der Waals surface area contributed by atoms with Crippen LogP contribution in [0.5, 0.6) is 0 Å². The van der Waals surface area contributed by atoms with E-state index in [1.165, 1.54) is 12.1 Å². The van der Waals surface area contributed by atoms with Crippen LogP contribution >= 0.6 is 0 Å². The van der Waals surface area contributed by atoms with Crippen LogP contribution in [0.1, 0.15) is 26.3 Å². The van der Waals surface area contributed by atoms with Gasteiger partial charge in [-0.05, 0) is 24.1 Å². The van der Waals surface area contributed by atoms with E-state index in [4.69, 9.17) is 4.74 Å². The second kappa shape index (κ2) is 8.83. The molecule has 0 amide bonds. The third-order valence-electron chi connectivity index (χ3n) is 3.56. The molecule has 0 saturated heterocycles. The van der Waals surface area contributed by atoms with Crippen molar-refractivity contribution in [1.29, 1.82) is 0 Å². The number of ether oxygens (including phenoxy) is 1. The summed E-state index contributed by atoms with van der Waals surface area (Å²) in [5.41, 5.74) is 0.198. The molecular formula is C18H17F2NO5S. The average molecular weight is 397 g/mol. The summed E-state index contributed by atoms with van der Waals surface area (Å²) in [6.07, 6.45) is 1.49. The van der Waals surface area contributed by atoms with Crippen molar-refractivity contribution in [3.63, 3.8) is 0 Å². The fourth-order valence-electron chi connectivity index (χ4n) is 2.22. The third kappa shape index (κ3) is 6.22. The molecule has 9 heteroatoms. The van der Waals surface area contributed by atoms with Crippen LogP contribution < -0.4 is 4.72 Å². The number of Topliss-reactive ketones (excluding diaryl/α,β-unsaturated/α-hetero) is 1. The molecule has 1 N–H and O–H groups in total. The van der Waals surface area contributed by atoms with Gasteiger partial charge >= 0.3 is 5.97 Å². The van der Waals surface area contributed by atoms with Gasteiger partial charge in [-0.1, -0.05) is 30.3 Å². The number of benzene rings is 2. The minimum atomic E-state index is -3.27. The molecular weight excluding hydrogens is 380 g/mol. The molecule has 27 heavy (non-hydrogen) atoms. The van der Waals surface area contributed by atoms with E-state index in [1.54, 1.807) is 12.1 Å². The maximum absolute atomic E-state index is 13.5. The molecule has 0 bridgehead atoms. The summed E-state index contributed by atoms with van der Waals surface area (Å²) in [6.45, 7) is -0.445. The van der Waals surface area contributed by atoms with Gasteiger partial charge in [-0.15, -0.1) is 0 Å². The maximum atomic E-state index is 13.5. The van der Waals surface area contributed by atoms with Crippen molar-refractivity contribution in [3.05, 3.63) is 70.8 Å². The summed E-state index contributed by atoms with van der Waals surface area (Å²) in [6, 6.07) is 9.20. The largest absolute Gasteiger partial charge is 0.454 e. The van der Waals surface area contributed by atoms with E-state index in [-0.39, 0.29) is 12.1 Å². The molecule has 2 rings (SSSR count). The number of hydrogen-bond donors (Lipinski definition) is 1. The van der Waals surface area contributed by atoms with Crippen molar-refractivity contribution < 1.29 is 31.5 Å². The Kier molecular flexibility index (Phi) is 6.75. The maximum Gasteiger partial charge on any atom is 0.344 e. The van der Waals surface area contributed by atoms with Crippen molar-refractivity contribution in [2.75, 3.05) is 19.4 Å². The Balaban J connectivity index is 1.91. The van der Waals surface area contributed by atoms with E-state index in [0.717, 1.165) is 30.0 Å². The predicted octanol–water partition coefficient (Wildman–Crippen LogP) is 2.10. The number of halogens is 2. The van der Waals surface area contributed by atoms with Gasteiger partial charge in [0.25, 0.3) is 0 Å². The molecule has 0 unspecified atom stereocenters. The van der Waals surface area contributed by atoms with Crippen LogP contribution in [0.15, 0.2) is 42.5 Å². The Bertz CT molecular complexity index is 922. The first-order valence-electron chi connectivity index (χ1n) is 7.85. The van der Waals surface area contributed by atoms with Crippen LogP contribution in [0, 0.1) is 11.6 Å². The van der Waals surface area contributed by atoms with Gasteiger partial charge in [0, 0.05) is 12.1 Å². The van der Waals surface area contributed by atoms with Crippen LogP contribution in [0.3, 0.4) is 0 Å². The van der Waals surface area contributed by atoms with Gasteiger partial charge in [0.1, 0.15) is 17.2 Å². The Morgan fingerprint density at radius 1 is 1.04 bits per heavy atom. The van der Waals surface area contributed by atoms with Crippen LogP contribution in [-0.4, -0.2) is 39.6 Å². The number of rotatable bonds is 8. The van der Waals surface area contributed by atoms with Gasteiger partial charge < -0.3 is 4.74 Å². The molecule has 0 aliphatic heterocycles. The van der Waals surface area contributed by atoms with Crippen molar-refractivity contribution in [2.24, 2.45) is 0 Å². The number of esters is 1. The predicted molar refractivity (Wildman–Crippen MR) is 94.0 cm³/mol. The van der Waals surface area contributed by atoms with Gasteiger partial charge in [-0.2, -0.15) is 0 Å². The Morgan fingerprint density at radius 2 is 1.63 bits per heavy atom. The molecule has 0 atom stereocenters. The summed E-state index contributed by atoms with van der Waals surface area (Å²) < 4.78 is 56.0. The molecule has 6 nitrogen and oxygen atoms in total. The number of hydrogen-bond acceptors (Lipinski definition) is 5. The summed E-state index contributed by atoms with van der Waals surface area (Å²) in [4.78, 5) is 23.8. The molecule has 0 radical (unpaired) electrons. The van der Waals surface area contributed by atoms with E-state index >= 15 is 0 Å². The molecule has 0 saturated carbocycles. The fourth-order valence-corrected chi connectivity index (χ4v) is 2.69. The molecule has 0 spiro atoms.